The van der Waals surface area contributed by atoms with Gasteiger partial charge in [-0.25, -0.2) is 10.6 Å². The highest BCUT2D eigenvalue weighted by Gasteiger charge is 2.41. The van der Waals surface area contributed by atoms with Crippen LogP contribution in [0.3, 0.4) is 0 Å². The summed E-state index contributed by atoms with van der Waals surface area (Å²) in [4.78, 5) is 38.6. The van der Waals surface area contributed by atoms with E-state index in [2.05, 4.69) is 0 Å². The Morgan fingerprint density at radius 1 is 1.40 bits per heavy atom. The maximum atomic E-state index is 12.8. The highest BCUT2D eigenvalue weighted by molar-refractivity contribution is 6.01. The summed E-state index contributed by atoms with van der Waals surface area (Å²) >= 11 is 0. The molecule has 0 bridgehead atoms. The summed E-state index contributed by atoms with van der Waals surface area (Å²) in [5, 5.41) is 9.56. The minimum Gasteiger partial charge on any atom is -0.489 e. The van der Waals surface area contributed by atoms with Crippen molar-refractivity contribution in [1.82, 2.24) is 10.3 Å². The summed E-state index contributed by atoms with van der Waals surface area (Å²) in [6, 6.07) is 3.52. The third-order valence-corrected chi connectivity index (χ3v) is 3.97. The molecular weight excluding hydrogens is 328 g/mol. The van der Waals surface area contributed by atoms with Crippen molar-refractivity contribution in [1.29, 1.82) is 0 Å². The van der Waals surface area contributed by atoms with Crippen LogP contribution in [0.1, 0.15) is 31.1 Å². The van der Waals surface area contributed by atoms with E-state index in [9.17, 15) is 19.5 Å². The van der Waals surface area contributed by atoms with Crippen LogP contribution >= 0.6 is 0 Å². The van der Waals surface area contributed by atoms with Crippen LogP contribution in [-0.4, -0.2) is 53.1 Å². The predicted molar refractivity (Wildman–Crippen MR) is 90.4 cm³/mol. The number of hydrogen-bond donors (Lipinski definition) is 3. The van der Waals surface area contributed by atoms with E-state index in [0.717, 1.165) is 4.90 Å². The summed E-state index contributed by atoms with van der Waals surface area (Å²) in [7, 11) is 1.54. The standard InChI is InChI=1S/C16H22N4O5/c1-16(2,3)20(15(23)24)11-8-25-12-7-9(13(21)18-17)5-6-10(12)19(4)14(11)22/h5-7,11H,8,17H2,1-4H3,(H,18,21)(H,23,24)/t11-/m0/s1. The third kappa shape index (κ3) is 3.50. The third-order valence-electron chi connectivity index (χ3n) is 3.97. The first-order valence-electron chi connectivity index (χ1n) is 7.65. The lowest BCUT2D eigenvalue weighted by Gasteiger charge is -2.38. The number of carbonyl (C=O) groups excluding carboxylic acids is 2. The van der Waals surface area contributed by atoms with Gasteiger partial charge in [0.1, 0.15) is 18.4 Å². The van der Waals surface area contributed by atoms with E-state index in [-0.39, 0.29) is 12.2 Å². The SMILES string of the molecule is CN1C(=O)[C@@H](N(C(=O)O)C(C)(C)C)COc2cc(C(=O)NN)ccc21. The highest BCUT2D eigenvalue weighted by atomic mass is 16.5. The Morgan fingerprint density at radius 3 is 2.56 bits per heavy atom. The Kier molecular flexibility index (Phi) is 4.89. The fraction of sp³-hybridized carbons (Fsp3) is 0.438. The summed E-state index contributed by atoms with van der Waals surface area (Å²) < 4.78 is 5.68. The van der Waals surface area contributed by atoms with Crippen LogP contribution in [0, 0.1) is 0 Å². The summed E-state index contributed by atoms with van der Waals surface area (Å²) in [5.41, 5.74) is 1.94. The molecule has 4 N–H and O–H groups in total. The molecule has 1 aliphatic rings. The first-order valence-corrected chi connectivity index (χ1v) is 7.65. The van der Waals surface area contributed by atoms with E-state index < -0.39 is 29.5 Å². The fourth-order valence-electron chi connectivity index (χ4n) is 2.79. The van der Waals surface area contributed by atoms with E-state index in [4.69, 9.17) is 10.6 Å². The van der Waals surface area contributed by atoms with E-state index in [1.54, 1.807) is 26.8 Å². The average Bonchev–Trinajstić information content (AvgIpc) is 2.64. The van der Waals surface area contributed by atoms with Crippen molar-refractivity contribution in [3.8, 4) is 5.75 Å². The van der Waals surface area contributed by atoms with Gasteiger partial charge in [0, 0.05) is 18.2 Å². The van der Waals surface area contributed by atoms with Gasteiger partial charge in [-0.1, -0.05) is 0 Å². The number of anilines is 1. The van der Waals surface area contributed by atoms with Gasteiger partial charge < -0.3 is 14.7 Å². The first kappa shape index (κ1) is 18.5. The molecule has 0 saturated heterocycles. The number of benzene rings is 1. The summed E-state index contributed by atoms with van der Waals surface area (Å²) in [5.74, 6) is 4.52. The maximum absolute atomic E-state index is 12.8. The normalized spacial score (nSPS) is 17.2. The molecule has 0 radical (unpaired) electrons. The second-order valence-corrected chi connectivity index (χ2v) is 6.70. The van der Waals surface area contributed by atoms with Crippen LogP contribution in [0.5, 0.6) is 5.75 Å². The predicted octanol–water partition coefficient (Wildman–Crippen LogP) is 0.792. The molecule has 3 amide bonds. The lowest BCUT2D eigenvalue weighted by molar-refractivity contribution is -0.125. The molecular formula is C16H22N4O5. The Balaban J connectivity index is 2.43. The number of nitrogens with zero attached hydrogens (tertiary/aromatic N) is 2. The molecule has 0 aliphatic carbocycles. The summed E-state index contributed by atoms with van der Waals surface area (Å²) in [6.07, 6.45) is -1.21. The number of rotatable bonds is 2. The van der Waals surface area contributed by atoms with Gasteiger partial charge in [0.15, 0.2) is 0 Å². The van der Waals surface area contributed by atoms with Crippen LogP contribution in [0.4, 0.5) is 10.5 Å². The monoisotopic (exact) mass is 350 g/mol. The number of carbonyl (C=O) groups is 3. The van der Waals surface area contributed by atoms with Crippen LogP contribution < -0.4 is 20.9 Å². The number of carboxylic acid groups (broad SMARTS) is 1. The summed E-state index contributed by atoms with van der Waals surface area (Å²) in [6.45, 7) is 4.95. The van der Waals surface area contributed by atoms with Gasteiger partial charge >= 0.3 is 6.09 Å². The molecule has 0 unspecified atom stereocenters. The van der Waals surface area contributed by atoms with Crippen molar-refractivity contribution in [2.45, 2.75) is 32.4 Å². The van der Waals surface area contributed by atoms with Gasteiger partial charge in [0.25, 0.3) is 11.8 Å². The average molecular weight is 350 g/mol. The number of likely N-dealkylation sites (N-methyl/N-ethyl adjacent to an activating group) is 1. The number of amides is 3. The number of hydrazine groups is 1. The second kappa shape index (κ2) is 6.60. The maximum Gasteiger partial charge on any atom is 0.408 e. The fourth-order valence-corrected chi connectivity index (χ4v) is 2.79. The molecule has 136 valence electrons. The molecule has 1 aliphatic heterocycles. The smallest absolute Gasteiger partial charge is 0.408 e. The zero-order valence-electron chi connectivity index (χ0n) is 14.6. The lowest BCUT2D eigenvalue weighted by atomic mass is 10.0. The van der Waals surface area contributed by atoms with Crippen LogP contribution in [0.2, 0.25) is 0 Å². The van der Waals surface area contributed by atoms with Crippen molar-refractivity contribution in [3.05, 3.63) is 23.8 Å². The molecule has 0 fully saturated rings. The molecule has 0 saturated carbocycles. The van der Waals surface area contributed by atoms with E-state index in [1.807, 2.05) is 5.43 Å². The van der Waals surface area contributed by atoms with Crippen LogP contribution in [0.15, 0.2) is 18.2 Å². The lowest BCUT2D eigenvalue weighted by Crippen LogP contribution is -2.58. The quantitative estimate of drug-likeness (QED) is 0.411. The number of fused-ring (bicyclic) bond motifs is 1. The molecule has 2 rings (SSSR count). The number of hydrogen-bond acceptors (Lipinski definition) is 5. The molecule has 0 spiro atoms. The Morgan fingerprint density at radius 2 is 2.04 bits per heavy atom. The number of ether oxygens (including phenoxy) is 1. The zero-order chi connectivity index (χ0) is 18.9. The van der Waals surface area contributed by atoms with Gasteiger partial charge in [-0.05, 0) is 39.0 Å². The Hall–Kier alpha value is -2.81. The minimum atomic E-state index is -1.21. The van der Waals surface area contributed by atoms with Crippen molar-refractivity contribution in [2.75, 3.05) is 18.6 Å². The second-order valence-electron chi connectivity index (χ2n) is 6.70. The van der Waals surface area contributed by atoms with Crippen molar-refractivity contribution in [3.63, 3.8) is 0 Å². The van der Waals surface area contributed by atoms with Gasteiger partial charge in [0.2, 0.25) is 0 Å². The molecule has 0 aromatic heterocycles. The molecule has 25 heavy (non-hydrogen) atoms. The van der Waals surface area contributed by atoms with Crippen molar-refractivity contribution in [2.24, 2.45) is 5.84 Å². The minimum absolute atomic E-state index is 0.159. The largest absolute Gasteiger partial charge is 0.489 e. The molecule has 9 heteroatoms. The zero-order valence-corrected chi connectivity index (χ0v) is 14.6. The highest BCUT2D eigenvalue weighted by Crippen LogP contribution is 2.33. The molecule has 1 aromatic carbocycles. The number of nitrogens with two attached hydrogens (primary N) is 1. The molecule has 9 nitrogen and oxygen atoms in total. The van der Waals surface area contributed by atoms with Crippen LogP contribution in [-0.2, 0) is 4.79 Å². The first-order chi connectivity index (χ1) is 11.6. The topological polar surface area (TPSA) is 125 Å². The van der Waals surface area contributed by atoms with Gasteiger partial charge in [0.05, 0.1) is 5.69 Å². The Bertz CT molecular complexity index is 713. The van der Waals surface area contributed by atoms with Crippen molar-refractivity contribution < 1.29 is 24.2 Å². The van der Waals surface area contributed by atoms with Gasteiger partial charge in [-0.2, -0.15) is 0 Å². The molecule has 1 heterocycles. The Labute approximate surface area is 145 Å². The molecule has 1 aromatic rings. The van der Waals surface area contributed by atoms with E-state index >= 15 is 0 Å². The number of nitrogen functional groups attached to an aromatic ring is 1. The van der Waals surface area contributed by atoms with Gasteiger partial charge in [-0.15, -0.1) is 0 Å². The molecule has 1 atom stereocenters. The van der Waals surface area contributed by atoms with E-state index in [0.29, 0.717) is 11.4 Å². The van der Waals surface area contributed by atoms with Crippen LogP contribution in [0.25, 0.3) is 0 Å². The van der Waals surface area contributed by atoms with Gasteiger partial charge in [-0.3, -0.25) is 19.9 Å². The van der Waals surface area contributed by atoms with Crippen molar-refractivity contribution >= 4 is 23.6 Å². The van der Waals surface area contributed by atoms with E-state index in [1.165, 1.54) is 24.1 Å². The number of nitrogens with one attached hydrogen (secondary N) is 1.